The number of aliphatic hydroxyl groups is 1. The van der Waals surface area contributed by atoms with E-state index in [4.69, 9.17) is 11.6 Å². The lowest BCUT2D eigenvalue weighted by Crippen LogP contribution is -2.51. The normalized spacial score (nSPS) is 12.7. The summed E-state index contributed by atoms with van der Waals surface area (Å²) >= 11 is 5.73. The van der Waals surface area contributed by atoms with Gasteiger partial charge in [0.1, 0.15) is 5.82 Å². The predicted octanol–water partition coefficient (Wildman–Crippen LogP) is 2.70. The molecule has 4 heteroatoms. The topological polar surface area (TPSA) is 45.1 Å². The van der Waals surface area contributed by atoms with E-state index in [0.717, 1.165) is 0 Å². The number of pyridine rings is 1. The Hall–Kier alpha value is -0.800. The summed E-state index contributed by atoms with van der Waals surface area (Å²) in [6.45, 7) is 7.36. The van der Waals surface area contributed by atoms with Crippen molar-refractivity contribution in [1.29, 1.82) is 0 Å². The molecule has 0 bridgehead atoms. The number of anilines is 1. The van der Waals surface area contributed by atoms with E-state index < -0.39 is 11.1 Å². The van der Waals surface area contributed by atoms with Gasteiger partial charge in [0.25, 0.3) is 0 Å². The highest BCUT2D eigenvalue weighted by molar-refractivity contribution is 6.30. The maximum Gasteiger partial charge on any atom is 0.126 e. The maximum absolute atomic E-state index is 9.94. The van der Waals surface area contributed by atoms with E-state index in [1.165, 1.54) is 0 Å². The Bertz CT molecular complexity index is 327. The summed E-state index contributed by atoms with van der Waals surface area (Å²) in [5, 5.41) is 13.7. The smallest absolute Gasteiger partial charge is 0.126 e. The minimum absolute atomic E-state index is 0.464. The fourth-order valence-electron chi connectivity index (χ4n) is 0.923. The van der Waals surface area contributed by atoms with Gasteiger partial charge in [-0.05, 0) is 39.8 Å². The molecule has 1 heterocycles. The van der Waals surface area contributed by atoms with Crippen molar-refractivity contribution < 1.29 is 5.11 Å². The average Bonchev–Trinajstić information content (AvgIpc) is 2.06. The zero-order valence-corrected chi connectivity index (χ0v) is 10.3. The summed E-state index contributed by atoms with van der Waals surface area (Å²) in [5.74, 6) is 0.700. The molecular weight excluding hydrogens is 212 g/mol. The Morgan fingerprint density at radius 1 is 1.27 bits per heavy atom. The molecule has 0 aliphatic carbocycles. The van der Waals surface area contributed by atoms with Crippen LogP contribution in [0.25, 0.3) is 0 Å². The first-order valence-electron chi connectivity index (χ1n) is 4.84. The Labute approximate surface area is 95.5 Å². The maximum atomic E-state index is 9.94. The highest BCUT2D eigenvalue weighted by atomic mass is 35.5. The Morgan fingerprint density at radius 2 is 1.87 bits per heavy atom. The van der Waals surface area contributed by atoms with E-state index in [1.807, 2.05) is 13.8 Å². The van der Waals surface area contributed by atoms with E-state index in [2.05, 4.69) is 10.3 Å². The van der Waals surface area contributed by atoms with Crippen molar-refractivity contribution >= 4 is 17.4 Å². The standard InChI is InChI=1S/C11H17ClN2O/c1-10(2,11(3,4)15)14-9-6-5-8(12)7-13-9/h5-7,15H,1-4H3,(H,13,14). The van der Waals surface area contributed by atoms with Gasteiger partial charge in [-0.2, -0.15) is 0 Å². The molecule has 0 aliphatic heterocycles. The molecule has 0 saturated carbocycles. The van der Waals surface area contributed by atoms with Gasteiger partial charge >= 0.3 is 0 Å². The third-order valence-electron chi connectivity index (χ3n) is 2.70. The summed E-state index contributed by atoms with van der Waals surface area (Å²) in [6, 6.07) is 3.55. The molecule has 0 saturated heterocycles. The number of halogens is 1. The molecule has 3 nitrogen and oxygen atoms in total. The van der Waals surface area contributed by atoms with Crippen LogP contribution in [0.3, 0.4) is 0 Å². The van der Waals surface area contributed by atoms with Crippen molar-refractivity contribution in [1.82, 2.24) is 4.98 Å². The molecule has 0 aliphatic rings. The summed E-state index contributed by atoms with van der Waals surface area (Å²) in [7, 11) is 0. The molecular formula is C11H17ClN2O. The van der Waals surface area contributed by atoms with Crippen molar-refractivity contribution in [2.24, 2.45) is 0 Å². The minimum atomic E-state index is -0.839. The first kappa shape index (κ1) is 12.3. The van der Waals surface area contributed by atoms with Crippen LogP contribution in [-0.2, 0) is 0 Å². The highest BCUT2D eigenvalue weighted by Crippen LogP contribution is 2.25. The molecule has 0 atom stereocenters. The van der Waals surface area contributed by atoms with Crippen LogP contribution in [0.1, 0.15) is 27.7 Å². The summed E-state index contributed by atoms with van der Waals surface area (Å²) < 4.78 is 0. The molecule has 0 radical (unpaired) electrons. The van der Waals surface area contributed by atoms with E-state index >= 15 is 0 Å². The zero-order chi connectivity index (χ0) is 11.7. The third-order valence-corrected chi connectivity index (χ3v) is 2.92. The third kappa shape index (κ3) is 3.08. The monoisotopic (exact) mass is 228 g/mol. The van der Waals surface area contributed by atoms with Gasteiger partial charge in [-0.15, -0.1) is 0 Å². The lowest BCUT2D eigenvalue weighted by atomic mass is 9.86. The second-order valence-corrected chi connectivity index (χ2v) is 5.11. The molecule has 2 N–H and O–H groups in total. The second kappa shape index (κ2) is 3.99. The van der Waals surface area contributed by atoms with Crippen molar-refractivity contribution in [3.63, 3.8) is 0 Å². The average molecular weight is 229 g/mol. The van der Waals surface area contributed by atoms with Gasteiger partial charge in [0.2, 0.25) is 0 Å². The Morgan fingerprint density at radius 3 is 2.27 bits per heavy atom. The van der Waals surface area contributed by atoms with Gasteiger partial charge in [-0.25, -0.2) is 4.98 Å². The van der Waals surface area contributed by atoms with Gasteiger partial charge in [0.05, 0.1) is 16.2 Å². The van der Waals surface area contributed by atoms with Crippen molar-refractivity contribution in [2.75, 3.05) is 5.32 Å². The van der Waals surface area contributed by atoms with Gasteiger partial charge < -0.3 is 10.4 Å². The number of rotatable bonds is 3. The van der Waals surface area contributed by atoms with Gasteiger partial charge in [-0.3, -0.25) is 0 Å². The molecule has 0 aromatic carbocycles. The number of nitrogens with one attached hydrogen (secondary N) is 1. The SMILES string of the molecule is CC(C)(O)C(C)(C)Nc1ccc(Cl)cn1. The van der Waals surface area contributed by atoms with Crippen molar-refractivity contribution in [3.8, 4) is 0 Å². The summed E-state index contributed by atoms with van der Waals surface area (Å²) in [5.41, 5.74) is -1.30. The lowest BCUT2D eigenvalue weighted by Gasteiger charge is -2.38. The first-order valence-corrected chi connectivity index (χ1v) is 5.22. The molecule has 0 fully saturated rings. The van der Waals surface area contributed by atoms with Crippen LogP contribution in [0.15, 0.2) is 18.3 Å². The summed E-state index contributed by atoms with van der Waals surface area (Å²) in [6.07, 6.45) is 1.57. The molecule has 0 spiro atoms. The Balaban J connectivity index is 2.82. The molecule has 0 amide bonds. The quantitative estimate of drug-likeness (QED) is 0.836. The van der Waals surface area contributed by atoms with Crippen LogP contribution in [0, 0.1) is 0 Å². The summed E-state index contributed by atoms with van der Waals surface area (Å²) in [4.78, 5) is 4.12. The fraction of sp³-hybridized carbons (Fsp3) is 0.545. The lowest BCUT2D eigenvalue weighted by molar-refractivity contribution is 0.0239. The van der Waals surface area contributed by atoms with Gasteiger partial charge in [-0.1, -0.05) is 11.6 Å². The molecule has 1 rings (SSSR count). The van der Waals surface area contributed by atoms with Crippen LogP contribution >= 0.6 is 11.6 Å². The van der Waals surface area contributed by atoms with Crippen LogP contribution in [-0.4, -0.2) is 21.2 Å². The number of hydrogen-bond acceptors (Lipinski definition) is 3. The second-order valence-electron chi connectivity index (χ2n) is 4.67. The van der Waals surface area contributed by atoms with Crippen LogP contribution in [0.4, 0.5) is 5.82 Å². The molecule has 0 unspecified atom stereocenters. The predicted molar refractivity (Wildman–Crippen MR) is 63.2 cm³/mol. The number of hydrogen-bond donors (Lipinski definition) is 2. The van der Waals surface area contributed by atoms with E-state index in [9.17, 15) is 5.11 Å². The molecule has 15 heavy (non-hydrogen) atoms. The van der Waals surface area contributed by atoms with E-state index in [-0.39, 0.29) is 0 Å². The van der Waals surface area contributed by atoms with Crippen LogP contribution in [0.2, 0.25) is 5.02 Å². The number of aromatic nitrogens is 1. The minimum Gasteiger partial charge on any atom is -0.388 e. The zero-order valence-electron chi connectivity index (χ0n) is 9.50. The van der Waals surface area contributed by atoms with Gasteiger partial charge in [0.15, 0.2) is 0 Å². The Kier molecular flexibility index (Phi) is 3.26. The van der Waals surface area contributed by atoms with Crippen molar-refractivity contribution in [2.45, 2.75) is 38.8 Å². The molecule has 1 aromatic heterocycles. The number of nitrogens with zero attached hydrogens (tertiary/aromatic N) is 1. The van der Waals surface area contributed by atoms with Crippen LogP contribution in [0.5, 0.6) is 0 Å². The first-order chi connectivity index (χ1) is 6.72. The van der Waals surface area contributed by atoms with Gasteiger partial charge in [0, 0.05) is 6.20 Å². The van der Waals surface area contributed by atoms with Crippen LogP contribution < -0.4 is 5.32 Å². The highest BCUT2D eigenvalue weighted by Gasteiger charge is 2.35. The van der Waals surface area contributed by atoms with E-state index in [0.29, 0.717) is 10.8 Å². The fourth-order valence-corrected chi connectivity index (χ4v) is 1.03. The largest absolute Gasteiger partial charge is 0.388 e. The van der Waals surface area contributed by atoms with Crippen molar-refractivity contribution in [3.05, 3.63) is 23.4 Å². The van der Waals surface area contributed by atoms with E-state index in [1.54, 1.807) is 32.2 Å². The molecule has 84 valence electrons. The molecule has 1 aromatic rings.